The number of halogens is 1. The average Bonchev–Trinajstić information content (AvgIpc) is 2.97. The average molecular weight is 379 g/mol. The van der Waals surface area contributed by atoms with Crippen LogP contribution >= 0.6 is 23.7 Å². The number of nitrogens with zero attached hydrogens (tertiary/aromatic N) is 2. The van der Waals surface area contributed by atoms with Gasteiger partial charge in [-0.2, -0.15) is 0 Å². The quantitative estimate of drug-likeness (QED) is 0.541. The predicted molar refractivity (Wildman–Crippen MR) is 111 cm³/mol. The third kappa shape index (κ3) is 3.70. The highest BCUT2D eigenvalue weighted by Crippen LogP contribution is 2.38. The van der Waals surface area contributed by atoms with Crippen LogP contribution in [0.3, 0.4) is 0 Å². The van der Waals surface area contributed by atoms with Crippen LogP contribution in [0.15, 0.2) is 29.3 Å². The zero-order valence-corrected chi connectivity index (χ0v) is 16.8. The molecular weight excluding hydrogens is 352 g/mol. The SMILES string of the molecule is CCCC/N=c1/sc2c(C)c(O)c3ccccc3c2n1CCCC.Cl. The summed E-state index contributed by atoms with van der Waals surface area (Å²) in [6.07, 6.45) is 4.58. The van der Waals surface area contributed by atoms with E-state index in [9.17, 15) is 5.11 Å². The van der Waals surface area contributed by atoms with Crippen molar-refractivity contribution in [1.29, 1.82) is 0 Å². The molecule has 0 saturated heterocycles. The Hall–Kier alpha value is -1.52. The van der Waals surface area contributed by atoms with E-state index in [-0.39, 0.29) is 12.4 Å². The third-order valence-corrected chi connectivity index (χ3v) is 5.77. The minimum Gasteiger partial charge on any atom is -0.507 e. The molecule has 0 fully saturated rings. The van der Waals surface area contributed by atoms with Crippen LogP contribution in [0.2, 0.25) is 0 Å². The fraction of sp³-hybridized carbons (Fsp3) is 0.450. The molecule has 0 atom stereocenters. The zero-order valence-electron chi connectivity index (χ0n) is 15.2. The summed E-state index contributed by atoms with van der Waals surface area (Å²) in [6, 6.07) is 8.16. The van der Waals surface area contributed by atoms with E-state index in [0.717, 1.165) is 64.6 Å². The Kier molecular flexibility index (Phi) is 6.91. The van der Waals surface area contributed by atoms with Gasteiger partial charge >= 0.3 is 0 Å². The second-order valence-corrected chi connectivity index (χ2v) is 7.30. The third-order valence-electron chi connectivity index (χ3n) is 4.54. The van der Waals surface area contributed by atoms with Gasteiger partial charge < -0.3 is 9.67 Å². The smallest absolute Gasteiger partial charge is 0.185 e. The van der Waals surface area contributed by atoms with Crippen molar-refractivity contribution < 1.29 is 5.11 Å². The molecule has 0 aliphatic heterocycles. The molecule has 2 aromatic carbocycles. The number of hydrogen-bond acceptors (Lipinski definition) is 3. The molecule has 0 saturated carbocycles. The second-order valence-electron chi connectivity index (χ2n) is 6.32. The lowest BCUT2D eigenvalue weighted by atomic mass is 10.0. The Bertz CT molecular complexity index is 927. The topological polar surface area (TPSA) is 37.5 Å². The van der Waals surface area contributed by atoms with Gasteiger partial charge in [-0.05, 0) is 19.8 Å². The molecule has 1 aromatic heterocycles. The second kappa shape index (κ2) is 8.72. The highest BCUT2D eigenvalue weighted by Gasteiger charge is 2.16. The largest absolute Gasteiger partial charge is 0.507 e. The molecule has 0 unspecified atom stereocenters. The number of fused-ring (bicyclic) bond motifs is 3. The maximum atomic E-state index is 10.6. The molecule has 3 rings (SSSR count). The van der Waals surface area contributed by atoms with Gasteiger partial charge in [-0.3, -0.25) is 4.99 Å². The molecule has 0 aliphatic rings. The monoisotopic (exact) mass is 378 g/mol. The standard InChI is InChI=1S/C20H26N2OS.ClH/c1-4-6-12-21-20-22(13-7-5-2)17-15-10-8-9-11-16(15)18(23)14(3)19(17)24-20;/h8-11,23H,4-7,12-13H2,1-3H3;1H/b21-20+;. The van der Waals surface area contributed by atoms with Crippen molar-refractivity contribution in [3.05, 3.63) is 34.6 Å². The normalized spacial score (nSPS) is 12.0. The van der Waals surface area contributed by atoms with Crippen molar-refractivity contribution in [2.45, 2.75) is 53.0 Å². The Morgan fingerprint density at radius 2 is 1.76 bits per heavy atom. The van der Waals surface area contributed by atoms with Gasteiger partial charge in [-0.1, -0.05) is 62.3 Å². The van der Waals surface area contributed by atoms with Gasteiger partial charge in [-0.25, -0.2) is 0 Å². The number of phenols is 1. The summed E-state index contributed by atoms with van der Waals surface area (Å²) in [5, 5.41) is 12.7. The summed E-state index contributed by atoms with van der Waals surface area (Å²) in [6.45, 7) is 8.29. The Balaban J connectivity index is 0.00000225. The fourth-order valence-electron chi connectivity index (χ4n) is 3.11. The zero-order chi connectivity index (χ0) is 17.1. The van der Waals surface area contributed by atoms with Crippen molar-refractivity contribution in [3.63, 3.8) is 0 Å². The number of phenolic OH excluding ortho intramolecular Hbond substituents is 1. The molecule has 0 amide bonds. The molecule has 1 N–H and O–H groups in total. The number of rotatable bonds is 6. The first-order chi connectivity index (χ1) is 11.7. The maximum Gasteiger partial charge on any atom is 0.185 e. The summed E-state index contributed by atoms with van der Waals surface area (Å²) in [5.41, 5.74) is 2.20. The maximum absolute atomic E-state index is 10.6. The molecule has 25 heavy (non-hydrogen) atoms. The van der Waals surface area contributed by atoms with Crippen LogP contribution in [0.5, 0.6) is 5.75 Å². The molecule has 3 nitrogen and oxygen atoms in total. The number of benzene rings is 2. The number of aryl methyl sites for hydroxylation is 2. The minimum atomic E-state index is 0. The van der Waals surface area contributed by atoms with Gasteiger partial charge in [0.15, 0.2) is 4.80 Å². The van der Waals surface area contributed by atoms with Crippen LogP contribution in [0.25, 0.3) is 21.0 Å². The van der Waals surface area contributed by atoms with E-state index >= 15 is 0 Å². The van der Waals surface area contributed by atoms with E-state index < -0.39 is 0 Å². The predicted octanol–water partition coefficient (Wildman–Crippen LogP) is 5.79. The van der Waals surface area contributed by atoms with Gasteiger partial charge in [0.25, 0.3) is 0 Å². The number of unbranched alkanes of at least 4 members (excludes halogenated alkanes) is 2. The summed E-state index contributed by atoms with van der Waals surface area (Å²) in [4.78, 5) is 5.95. The first kappa shape index (κ1) is 19.8. The Morgan fingerprint density at radius 3 is 2.44 bits per heavy atom. The first-order valence-corrected chi connectivity index (χ1v) is 9.74. The van der Waals surface area contributed by atoms with Gasteiger partial charge in [-0.15, -0.1) is 12.4 Å². The molecule has 136 valence electrons. The van der Waals surface area contributed by atoms with E-state index in [2.05, 4.69) is 24.5 Å². The molecule has 3 aromatic rings. The minimum absolute atomic E-state index is 0. The van der Waals surface area contributed by atoms with Crippen molar-refractivity contribution in [3.8, 4) is 5.75 Å². The number of aromatic nitrogens is 1. The number of aromatic hydroxyl groups is 1. The Labute approximate surface area is 159 Å². The summed E-state index contributed by atoms with van der Waals surface area (Å²) < 4.78 is 3.53. The molecule has 0 spiro atoms. The highest BCUT2D eigenvalue weighted by molar-refractivity contribution is 7.16. The van der Waals surface area contributed by atoms with E-state index in [0.29, 0.717) is 5.75 Å². The molecule has 0 radical (unpaired) electrons. The molecular formula is C20H27ClN2OS. The molecule has 5 heteroatoms. The van der Waals surface area contributed by atoms with Gasteiger partial charge in [0.1, 0.15) is 5.75 Å². The van der Waals surface area contributed by atoms with Crippen LogP contribution in [0.1, 0.15) is 45.1 Å². The van der Waals surface area contributed by atoms with Gasteiger partial charge in [0.05, 0.1) is 10.2 Å². The van der Waals surface area contributed by atoms with Crippen molar-refractivity contribution in [1.82, 2.24) is 4.57 Å². The molecule has 1 heterocycles. The fourth-order valence-corrected chi connectivity index (χ4v) is 4.31. The summed E-state index contributed by atoms with van der Waals surface area (Å²) in [5.74, 6) is 0.405. The van der Waals surface area contributed by atoms with Crippen LogP contribution in [-0.2, 0) is 6.54 Å². The van der Waals surface area contributed by atoms with Crippen LogP contribution in [0, 0.1) is 6.92 Å². The van der Waals surface area contributed by atoms with E-state index in [1.807, 2.05) is 25.1 Å². The van der Waals surface area contributed by atoms with Crippen LogP contribution in [0.4, 0.5) is 0 Å². The van der Waals surface area contributed by atoms with Crippen molar-refractivity contribution in [2.75, 3.05) is 6.54 Å². The Morgan fingerprint density at radius 1 is 1.08 bits per heavy atom. The number of hydrogen-bond donors (Lipinski definition) is 1. The van der Waals surface area contributed by atoms with Gasteiger partial charge in [0, 0.05) is 29.4 Å². The number of thiazole rings is 1. The first-order valence-electron chi connectivity index (χ1n) is 8.93. The molecule has 0 bridgehead atoms. The van der Waals surface area contributed by atoms with Crippen molar-refractivity contribution in [2.24, 2.45) is 4.99 Å². The lowest BCUT2D eigenvalue weighted by molar-refractivity contribution is 0.478. The summed E-state index contributed by atoms with van der Waals surface area (Å²) >= 11 is 1.72. The highest BCUT2D eigenvalue weighted by atomic mass is 35.5. The summed E-state index contributed by atoms with van der Waals surface area (Å²) in [7, 11) is 0. The lowest BCUT2D eigenvalue weighted by Gasteiger charge is -2.10. The van der Waals surface area contributed by atoms with Crippen LogP contribution < -0.4 is 4.80 Å². The lowest BCUT2D eigenvalue weighted by Crippen LogP contribution is -2.15. The van der Waals surface area contributed by atoms with Gasteiger partial charge in [0.2, 0.25) is 0 Å². The van der Waals surface area contributed by atoms with E-state index in [1.54, 1.807) is 11.3 Å². The molecule has 0 aliphatic carbocycles. The van der Waals surface area contributed by atoms with E-state index in [4.69, 9.17) is 4.99 Å². The van der Waals surface area contributed by atoms with Crippen LogP contribution in [-0.4, -0.2) is 16.2 Å². The van der Waals surface area contributed by atoms with Crippen molar-refractivity contribution >= 4 is 44.7 Å². The van der Waals surface area contributed by atoms with E-state index in [1.165, 1.54) is 5.52 Å².